The molecule has 0 unspecified atom stereocenters. The zero-order valence-electron chi connectivity index (χ0n) is 26.8. The molecular formula is C36H68O4. The molecule has 0 spiro atoms. The lowest BCUT2D eigenvalue weighted by Gasteiger charge is -2.07. The third-order valence-electron chi connectivity index (χ3n) is 7.71. The van der Waals surface area contributed by atoms with Crippen molar-refractivity contribution < 1.29 is 19.7 Å². The number of aliphatic hydroxyl groups excluding tert-OH is 2. The van der Waals surface area contributed by atoms with Gasteiger partial charge < -0.3 is 14.9 Å². The molecule has 0 fully saturated rings. The molecule has 0 saturated heterocycles. The minimum Gasteiger partial charge on any atom is -0.466 e. The van der Waals surface area contributed by atoms with Crippen LogP contribution >= 0.6 is 0 Å². The van der Waals surface area contributed by atoms with Crippen LogP contribution in [-0.2, 0) is 9.53 Å². The third-order valence-corrected chi connectivity index (χ3v) is 7.71. The number of unbranched alkanes of at least 4 members (excludes halogenated alkanes) is 17. The van der Waals surface area contributed by atoms with E-state index in [0.29, 0.717) is 13.0 Å². The number of allylic oxidation sites excluding steroid dienone is 2. The summed E-state index contributed by atoms with van der Waals surface area (Å²) in [6.07, 6.45) is 37.1. The number of hydrogen-bond acceptors (Lipinski definition) is 4. The molecule has 0 amide bonds. The van der Waals surface area contributed by atoms with E-state index in [4.69, 9.17) is 4.74 Å². The normalized spacial score (nSPS) is 13.4. The third kappa shape index (κ3) is 31.4. The Morgan fingerprint density at radius 2 is 0.975 bits per heavy atom. The van der Waals surface area contributed by atoms with Gasteiger partial charge in [0.15, 0.2) is 0 Å². The molecule has 2 N–H and O–H groups in total. The summed E-state index contributed by atoms with van der Waals surface area (Å²) in [5, 5.41) is 20.0. The first-order valence-electron chi connectivity index (χ1n) is 17.4. The van der Waals surface area contributed by atoms with Gasteiger partial charge in [-0.1, -0.05) is 134 Å². The molecule has 0 heterocycles. The smallest absolute Gasteiger partial charge is 0.305 e. The average Bonchev–Trinajstić information content (AvgIpc) is 2.95. The van der Waals surface area contributed by atoms with E-state index in [9.17, 15) is 15.0 Å². The molecule has 0 aliphatic carbocycles. The highest BCUT2D eigenvalue weighted by atomic mass is 16.5. The predicted octanol–water partition coefficient (Wildman–Crippen LogP) is 10.5. The number of aliphatic hydroxyl groups is 2. The van der Waals surface area contributed by atoms with Gasteiger partial charge in [0.05, 0.1) is 18.8 Å². The van der Waals surface area contributed by atoms with Crippen molar-refractivity contribution in [2.75, 3.05) is 6.61 Å². The first-order valence-corrected chi connectivity index (χ1v) is 17.4. The summed E-state index contributed by atoms with van der Waals surface area (Å²) in [5.74, 6) is -0.0333. The number of carbonyl (C=O) groups excluding carboxylic acids is 1. The SMILES string of the molecule is CCCCCC[C@@H](O)C/C=C/CCCCCCCCOC(=O)CCCCCCC/C=C/C[C@H](O)CCCCCC. The van der Waals surface area contributed by atoms with Gasteiger partial charge in [0.25, 0.3) is 0 Å². The molecule has 0 saturated carbocycles. The summed E-state index contributed by atoms with van der Waals surface area (Å²) in [6.45, 7) is 5.00. The first-order chi connectivity index (χ1) is 19.6. The standard InChI is InChI=1S/C36H68O4/c1-3-5-7-22-28-34(37)30-24-18-14-10-9-13-17-21-27-33-40-36(39)32-26-20-16-12-11-15-19-25-31-35(38)29-23-8-6-4-2/h18-19,24-25,34-35,37-38H,3-17,20-23,26-33H2,1-2H3/b24-18+,25-19+/t34-,35-/m1/s1. The summed E-state index contributed by atoms with van der Waals surface area (Å²) >= 11 is 0. The van der Waals surface area contributed by atoms with Crippen LogP contribution in [0.15, 0.2) is 24.3 Å². The number of hydrogen-bond donors (Lipinski definition) is 2. The Balaban J connectivity index is 3.35. The Bertz CT molecular complexity index is 571. The Morgan fingerprint density at radius 1 is 0.550 bits per heavy atom. The van der Waals surface area contributed by atoms with Crippen molar-refractivity contribution in [2.24, 2.45) is 0 Å². The fourth-order valence-corrected chi connectivity index (χ4v) is 4.98. The fourth-order valence-electron chi connectivity index (χ4n) is 4.98. The highest BCUT2D eigenvalue weighted by Gasteiger charge is 2.03. The minimum atomic E-state index is -0.173. The largest absolute Gasteiger partial charge is 0.466 e. The van der Waals surface area contributed by atoms with Gasteiger partial charge in [-0.3, -0.25) is 4.79 Å². The molecule has 0 aliphatic rings. The topological polar surface area (TPSA) is 66.8 Å². The maximum Gasteiger partial charge on any atom is 0.305 e. The van der Waals surface area contributed by atoms with E-state index in [1.807, 2.05) is 0 Å². The van der Waals surface area contributed by atoms with Gasteiger partial charge in [-0.05, 0) is 64.2 Å². The van der Waals surface area contributed by atoms with Gasteiger partial charge in [0.2, 0.25) is 0 Å². The lowest BCUT2D eigenvalue weighted by Crippen LogP contribution is -2.05. The van der Waals surface area contributed by atoms with Crippen molar-refractivity contribution in [1.82, 2.24) is 0 Å². The van der Waals surface area contributed by atoms with Crippen LogP contribution in [-0.4, -0.2) is 35.0 Å². The van der Waals surface area contributed by atoms with E-state index in [2.05, 4.69) is 38.2 Å². The van der Waals surface area contributed by atoms with Gasteiger partial charge >= 0.3 is 5.97 Å². The van der Waals surface area contributed by atoms with Crippen molar-refractivity contribution >= 4 is 5.97 Å². The number of ether oxygens (including phenoxy) is 1. The molecule has 40 heavy (non-hydrogen) atoms. The van der Waals surface area contributed by atoms with Crippen LogP contribution in [0.4, 0.5) is 0 Å². The molecule has 0 aromatic heterocycles. The first kappa shape index (κ1) is 38.9. The van der Waals surface area contributed by atoms with Crippen LogP contribution < -0.4 is 0 Å². The Hall–Kier alpha value is -1.13. The number of esters is 1. The number of carbonyl (C=O) groups is 1. The van der Waals surface area contributed by atoms with E-state index < -0.39 is 0 Å². The average molecular weight is 565 g/mol. The zero-order valence-corrected chi connectivity index (χ0v) is 26.8. The maximum atomic E-state index is 11.9. The molecule has 0 aliphatic heterocycles. The Kier molecular flexibility index (Phi) is 31.5. The van der Waals surface area contributed by atoms with Crippen LogP contribution in [0.2, 0.25) is 0 Å². The van der Waals surface area contributed by atoms with Crippen LogP contribution in [0.1, 0.15) is 181 Å². The molecule has 4 nitrogen and oxygen atoms in total. The van der Waals surface area contributed by atoms with Gasteiger partial charge in [0.1, 0.15) is 0 Å². The van der Waals surface area contributed by atoms with E-state index >= 15 is 0 Å². The van der Waals surface area contributed by atoms with Gasteiger partial charge in [-0.2, -0.15) is 0 Å². The summed E-state index contributed by atoms with van der Waals surface area (Å²) < 4.78 is 5.40. The lowest BCUT2D eigenvalue weighted by molar-refractivity contribution is -0.143. The molecule has 0 bridgehead atoms. The van der Waals surface area contributed by atoms with Gasteiger partial charge in [-0.15, -0.1) is 0 Å². The molecule has 0 rings (SSSR count). The van der Waals surface area contributed by atoms with Gasteiger partial charge in [0, 0.05) is 6.42 Å². The van der Waals surface area contributed by atoms with E-state index in [-0.39, 0.29) is 18.2 Å². The lowest BCUT2D eigenvalue weighted by atomic mass is 10.1. The monoisotopic (exact) mass is 565 g/mol. The number of rotatable bonds is 31. The quantitative estimate of drug-likeness (QED) is 0.0499. The predicted molar refractivity (Wildman–Crippen MR) is 173 cm³/mol. The second-order valence-corrected chi connectivity index (χ2v) is 11.9. The van der Waals surface area contributed by atoms with Gasteiger partial charge in [-0.25, -0.2) is 0 Å². The maximum absolute atomic E-state index is 11.9. The molecular weight excluding hydrogens is 496 g/mol. The fraction of sp³-hybridized carbons (Fsp3) is 0.861. The summed E-state index contributed by atoms with van der Waals surface area (Å²) in [4.78, 5) is 11.9. The molecule has 0 radical (unpaired) electrons. The summed E-state index contributed by atoms with van der Waals surface area (Å²) in [5.41, 5.74) is 0. The second kappa shape index (κ2) is 32.4. The van der Waals surface area contributed by atoms with E-state index in [0.717, 1.165) is 77.0 Å². The molecule has 2 atom stereocenters. The molecule has 0 aromatic carbocycles. The van der Waals surface area contributed by atoms with Crippen LogP contribution in [0, 0.1) is 0 Å². The van der Waals surface area contributed by atoms with E-state index in [1.54, 1.807) is 0 Å². The molecule has 236 valence electrons. The van der Waals surface area contributed by atoms with Crippen molar-refractivity contribution in [3.63, 3.8) is 0 Å². The van der Waals surface area contributed by atoms with E-state index in [1.165, 1.54) is 83.5 Å². The Morgan fingerprint density at radius 3 is 1.48 bits per heavy atom. The summed E-state index contributed by atoms with van der Waals surface area (Å²) in [6, 6.07) is 0. The molecule has 0 aromatic rings. The highest BCUT2D eigenvalue weighted by molar-refractivity contribution is 5.69. The van der Waals surface area contributed by atoms with Crippen molar-refractivity contribution in [2.45, 2.75) is 193 Å². The highest BCUT2D eigenvalue weighted by Crippen LogP contribution is 2.13. The second-order valence-electron chi connectivity index (χ2n) is 11.9. The van der Waals surface area contributed by atoms with Crippen molar-refractivity contribution in [1.29, 1.82) is 0 Å². The zero-order chi connectivity index (χ0) is 29.4. The van der Waals surface area contributed by atoms with Crippen LogP contribution in [0.5, 0.6) is 0 Å². The van der Waals surface area contributed by atoms with Crippen LogP contribution in [0.3, 0.4) is 0 Å². The minimum absolute atomic E-state index is 0.0333. The summed E-state index contributed by atoms with van der Waals surface area (Å²) in [7, 11) is 0. The van der Waals surface area contributed by atoms with Crippen molar-refractivity contribution in [3.05, 3.63) is 24.3 Å². The Labute approximate surface area is 249 Å². The van der Waals surface area contributed by atoms with Crippen molar-refractivity contribution in [3.8, 4) is 0 Å². The van der Waals surface area contributed by atoms with Crippen LogP contribution in [0.25, 0.3) is 0 Å². The molecule has 4 heteroatoms.